The van der Waals surface area contributed by atoms with Crippen molar-refractivity contribution < 1.29 is 14.7 Å². The topological polar surface area (TPSA) is 77.1 Å². The SMILES string of the molecule is CCOCCOc1ccc(C(N)=NO)cc1Cl. The second-order valence-electron chi connectivity index (χ2n) is 3.18. The van der Waals surface area contributed by atoms with E-state index in [0.717, 1.165) is 0 Å². The van der Waals surface area contributed by atoms with Crippen molar-refractivity contribution in [2.45, 2.75) is 6.92 Å². The first-order valence-corrected chi connectivity index (χ1v) is 5.54. The number of nitrogens with two attached hydrogens (primary N) is 1. The van der Waals surface area contributed by atoms with Gasteiger partial charge in [-0.25, -0.2) is 0 Å². The Bertz CT molecular complexity index is 396. The molecule has 0 aliphatic heterocycles. The fraction of sp³-hybridized carbons (Fsp3) is 0.364. The minimum atomic E-state index is 0.00719. The predicted octanol–water partition coefficient (Wildman–Crippen LogP) is 1.85. The van der Waals surface area contributed by atoms with Crippen LogP contribution < -0.4 is 10.5 Å². The molecule has 0 spiro atoms. The normalized spacial score (nSPS) is 11.5. The first kappa shape index (κ1) is 13.6. The van der Waals surface area contributed by atoms with Gasteiger partial charge in [-0.2, -0.15) is 0 Å². The van der Waals surface area contributed by atoms with E-state index in [-0.39, 0.29) is 5.84 Å². The van der Waals surface area contributed by atoms with Crippen molar-refractivity contribution in [1.82, 2.24) is 0 Å². The van der Waals surface area contributed by atoms with Crippen LogP contribution in [0.15, 0.2) is 23.4 Å². The van der Waals surface area contributed by atoms with Crippen molar-refractivity contribution in [3.63, 3.8) is 0 Å². The Kier molecular flexibility index (Phi) is 5.59. The highest BCUT2D eigenvalue weighted by atomic mass is 35.5. The zero-order chi connectivity index (χ0) is 12.7. The third-order valence-electron chi connectivity index (χ3n) is 2.02. The summed E-state index contributed by atoms with van der Waals surface area (Å²) >= 11 is 5.99. The van der Waals surface area contributed by atoms with Gasteiger partial charge >= 0.3 is 0 Å². The lowest BCUT2D eigenvalue weighted by atomic mass is 10.2. The highest BCUT2D eigenvalue weighted by Crippen LogP contribution is 2.25. The largest absolute Gasteiger partial charge is 0.490 e. The van der Waals surface area contributed by atoms with Gasteiger partial charge in [-0.3, -0.25) is 0 Å². The van der Waals surface area contributed by atoms with Gasteiger partial charge < -0.3 is 20.4 Å². The Morgan fingerprint density at radius 3 is 2.82 bits per heavy atom. The molecule has 0 atom stereocenters. The van der Waals surface area contributed by atoms with Crippen LogP contribution in [-0.4, -0.2) is 30.9 Å². The standard InChI is InChI=1S/C11H15ClN2O3/c1-2-16-5-6-17-10-4-3-8(7-9(10)12)11(13)14-15/h3-4,7,15H,2,5-6H2,1H3,(H2,13,14). The summed E-state index contributed by atoms with van der Waals surface area (Å²) in [5.74, 6) is 0.550. The average molecular weight is 259 g/mol. The van der Waals surface area contributed by atoms with Crippen LogP contribution >= 0.6 is 11.6 Å². The summed E-state index contributed by atoms with van der Waals surface area (Å²) < 4.78 is 10.5. The summed E-state index contributed by atoms with van der Waals surface area (Å²) in [4.78, 5) is 0. The molecule has 5 nitrogen and oxygen atoms in total. The van der Waals surface area contributed by atoms with Crippen LogP contribution in [0.2, 0.25) is 5.02 Å². The smallest absolute Gasteiger partial charge is 0.170 e. The van der Waals surface area contributed by atoms with Crippen LogP contribution in [0.5, 0.6) is 5.75 Å². The number of rotatable bonds is 6. The molecule has 3 N–H and O–H groups in total. The van der Waals surface area contributed by atoms with Gasteiger partial charge in [0, 0.05) is 12.2 Å². The average Bonchev–Trinajstić information content (AvgIpc) is 2.35. The Morgan fingerprint density at radius 1 is 1.47 bits per heavy atom. The van der Waals surface area contributed by atoms with Crippen molar-refractivity contribution >= 4 is 17.4 Å². The molecular formula is C11H15ClN2O3. The van der Waals surface area contributed by atoms with Gasteiger partial charge in [0.15, 0.2) is 5.84 Å². The lowest BCUT2D eigenvalue weighted by molar-refractivity contribution is 0.110. The molecule has 1 aromatic carbocycles. The van der Waals surface area contributed by atoms with Crippen molar-refractivity contribution in [2.24, 2.45) is 10.9 Å². The van der Waals surface area contributed by atoms with E-state index in [1.807, 2.05) is 6.92 Å². The maximum absolute atomic E-state index is 8.52. The van der Waals surface area contributed by atoms with Gasteiger partial charge in [-0.1, -0.05) is 16.8 Å². The van der Waals surface area contributed by atoms with E-state index in [0.29, 0.717) is 36.2 Å². The van der Waals surface area contributed by atoms with Crippen LogP contribution in [-0.2, 0) is 4.74 Å². The molecule has 0 fully saturated rings. The summed E-state index contributed by atoms with van der Waals surface area (Å²) in [5.41, 5.74) is 5.97. The van der Waals surface area contributed by atoms with E-state index in [2.05, 4.69) is 5.16 Å². The molecule has 1 rings (SSSR count). The van der Waals surface area contributed by atoms with Crippen molar-refractivity contribution in [1.29, 1.82) is 0 Å². The molecule has 0 saturated carbocycles. The Morgan fingerprint density at radius 2 is 2.24 bits per heavy atom. The zero-order valence-electron chi connectivity index (χ0n) is 9.52. The number of oxime groups is 1. The van der Waals surface area contributed by atoms with Crippen molar-refractivity contribution in [2.75, 3.05) is 19.8 Å². The molecule has 6 heteroatoms. The highest BCUT2D eigenvalue weighted by molar-refractivity contribution is 6.32. The molecule has 0 aliphatic carbocycles. The van der Waals surface area contributed by atoms with E-state index in [9.17, 15) is 0 Å². The van der Waals surface area contributed by atoms with Crippen LogP contribution in [0.1, 0.15) is 12.5 Å². The van der Waals surface area contributed by atoms with Crippen LogP contribution in [0.25, 0.3) is 0 Å². The lowest BCUT2D eigenvalue weighted by Gasteiger charge is -2.09. The van der Waals surface area contributed by atoms with E-state index < -0.39 is 0 Å². The molecule has 0 unspecified atom stereocenters. The quantitative estimate of drug-likeness (QED) is 0.268. The first-order chi connectivity index (χ1) is 8.19. The lowest BCUT2D eigenvalue weighted by Crippen LogP contribution is -2.13. The molecule has 17 heavy (non-hydrogen) atoms. The molecule has 0 saturated heterocycles. The van der Waals surface area contributed by atoms with Gasteiger partial charge in [0.2, 0.25) is 0 Å². The second-order valence-corrected chi connectivity index (χ2v) is 3.58. The van der Waals surface area contributed by atoms with Crippen LogP contribution in [0.3, 0.4) is 0 Å². The van der Waals surface area contributed by atoms with E-state index in [1.165, 1.54) is 0 Å². The number of nitrogens with zero attached hydrogens (tertiary/aromatic N) is 1. The Hall–Kier alpha value is -1.46. The van der Waals surface area contributed by atoms with Gasteiger partial charge in [-0.15, -0.1) is 0 Å². The maximum atomic E-state index is 8.52. The molecule has 94 valence electrons. The van der Waals surface area contributed by atoms with E-state index in [1.54, 1.807) is 18.2 Å². The number of hydrogen-bond acceptors (Lipinski definition) is 4. The fourth-order valence-electron chi connectivity index (χ4n) is 1.19. The summed E-state index contributed by atoms with van der Waals surface area (Å²) in [6, 6.07) is 4.91. The summed E-state index contributed by atoms with van der Waals surface area (Å²) in [5, 5.41) is 11.8. The molecule has 1 aromatic rings. The fourth-order valence-corrected chi connectivity index (χ4v) is 1.42. The minimum absolute atomic E-state index is 0.00719. The minimum Gasteiger partial charge on any atom is -0.490 e. The van der Waals surface area contributed by atoms with E-state index >= 15 is 0 Å². The van der Waals surface area contributed by atoms with Gasteiger partial charge in [-0.05, 0) is 25.1 Å². The third kappa shape index (κ3) is 4.13. The molecule has 0 aliphatic rings. The Balaban J connectivity index is 2.63. The van der Waals surface area contributed by atoms with Crippen molar-refractivity contribution in [3.8, 4) is 5.75 Å². The molecule has 0 aromatic heterocycles. The van der Waals surface area contributed by atoms with Crippen LogP contribution in [0.4, 0.5) is 0 Å². The maximum Gasteiger partial charge on any atom is 0.170 e. The molecule has 0 radical (unpaired) electrons. The number of hydrogen-bond donors (Lipinski definition) is 2. The first-order valence-electron chi connectivity index (χ1n) is 5.17. The van der Waals surface area contributed by atoms with E-state index in [4.69, 9.17) is 32.0 Å². The van der Waals surface area contributed by atoms with Gasteiger partial charge in [0.1, 0.15) is 12.4 Å². The number of benzene rings is 1. The number of ether oxygens (including phenoxy) is 2. The molecular weight excluding hydrogens is 244 g/mol. The number of halogens is 1. The number of amidine groups is 1. The highest BCUT2D eigenvalue weighted by Gasteiger charge is 2.05. The molecule has 0 amide bonds. The monoisotopic (exact) mass is 258 g/mol. The van der Waals surface area contributed by atoms with Gasteiger partial charge in [0.05, 0.1) is 11.6 Å². The second kappa shape index (κ2) is 6.98. The van der Waals surface area contributed by atoms with Gasteiger partial charge in [0.25, 0.3) is 0 Å². The third-order valence-corrected chi connectivity index (χ3v) is 2.32. The molecule has 0 bridgehead atoms. The van der Waals surface area contributed by atoms with Crippen molar-refractivity contribution in [3.05, 3.63) is 28.8 Å². The predicted molar refractivity (Wildman–Crippen MR) is 66.0 cm³/mol. The summed E-state index contributed by atoms with van der Waals surface area (Å²) in [6.07, 6.45) is 0. The molecule has 0 heterocycles. The van der Waals surface area contributed by atoms with Crippen LogP contribution in [0, 0.1) is 0 Å². The summed E-state index contributed by atoms with van der Waals surface area (Å²) in [7, 11) is 0. The zero-order valence-corrected chi connectivity index (χ0v) is 10.3. The summed E-state index contributed by atoms with van der Waals surface area (Å²) in [6.45, 7) is 3.50. The Labute approximate surface area is 105 Å².